The Kier molecular flexibility index (Phi) is 6.04. The van der Waals surface area contributed by atoms with Crippen LogP contribution in [0, 0.1) is 0 Å². The van der Waals surface area contributed by atoms with E-state index in [1.165, 1.54) is 17.2 Å². The average molecular weight is 387 g/mol. The van der Waals surface area contributed by atoms with Crippen LogP contribution in [0.4, 0.5) is 11.4 Å². The fraction of sp³-hybridized carbons (Fsp3) is 0.286. The zero-order valence-corrected chi connectivity index (χ0v) is 15.9. The minimum atomic E-state index is -1.04. The predicted molar refractivity (Wildman–Crippen MR) is 108 cm³/mol. The van der Waals surface area contributed by atoms with E-state index in [-0.39, 0.29) is 12.2 Å². The van der Waals surface area contributed by atoms with Crippen molar-refractivity contribution in [1.29, 1.82) is 0 Å². The Balaban J connectivity index is 1.87. The highest BCUT2D eigenvalue weighted by molar-refractivity contribution is 6.30. The molecule has 1 aliphatic heterocycles. The van der Waals surface area contributed by atoms with Gasteiger partial charge >= 0.3 is 5.97 Å². The molecule has 0 aromatic heterocycles. The van der Waals surface area contributed by atoms with Gasteiger partial charge in [-0.1, -0.05) is 41.9 Å². The molecule has 2 aromatic carbocycles. The summed E-state index contributed by atoms with van der Waals surface area (Å²) in [4.78, 5) is 13.2. The zero-order valence-electron chi connectivity index (χ0n) is 15.2. The van der Waals surface area contributed by atoms with Crippen molar-refractivity contribution in [1.82, 2.24) is 5.32 Å². The molecule has 142 valence electrons. The Morgan fingerprint density at radius 2 is 1.93 bits per heavy atom. The molecule has 0 spiro atoms. The van der Waals surface area contributed by atoms with Gasteiger partial charge in [-0.15, -0.1) is 0 Å². The molecule has 0 saturated heterocycles. The molecule has 0 aliphatic carbocycles. The first kappa shape index (κ1) is 19.3. The van der Waals surface area contributed by atoms with Gasteiger partial charge in [-0.2, -0.15) is 0 Å². The van der Waals surface area contributed by atoms with E-state index < -0.39 is 12.1 Å². The summed E-state index contributed by atoms with van der Waals surface area (Å²) >= 11 is 6.24. The first-order valence-electron chi connectivity index (χ1n) is 8.95. The van der Waals surface area contributed by atoms with Crippen LogP contribution in [-0.2, 0) is 17.6 Å². The summed E-state index contributed by atoms with van der Waals surface area (Å²) in [5, 5.41) is 23.1. The summed E-state index contributed by atoms with van der Waals surface area (Å²) in [7, 11) is 0. The van der Waals surface area contributed by atoms with E-state index in [9.17, 15) is 9.90 Å². The highest BCUT2D eigenvalue weighted by Gasteiger charge is 2.23. The number of carboxylic acids is 1. The Morgan fingerprint density at radius 3 is 2.63 bits per heavy atom. The number of aryl methyl sites for hydroxylation is 2. The number of β-amino-alcohol motifs (C(OH)–C–C–N with tert-alkyl or cyclic N) is 1. The molecule has 3 rings (SSSR count). The molecule has 0 amide bonds. The fourth-order valence-electron chi connectivity index (χ4n) is 3.39. The number of rotatable bonds is 6. The summed E-state index contributed by atoms with van der Waals surface area (Å²) in [6, 6.07) is 14.0. The van der Waals surface area contributed by atoms with Gasteiger partial charge in [-0.05, 0) is 49.1 Å². The number of carbonyl (C=O) groups is 1. The van der Waals surface area contributed by atoms with Gasteiger partial charge in [0.1, 0.15) is 5.70 Å². The highest BCUT2D eigenvalue weighted by Crippen LogP contribution is 2.37. The van der Waals surface area contributed by atoms with E-state index in [4.69, 9.17) is 16.7 Å². The lowest BCUT2D eigenvalue weighted by Gasteiger charge is -2.29. The Hall–Kier alpha value is -2.50. The van der Waals surface area contributed by atoms with Crippen LogP contribution in [0.15, 0.2) is 54.2 Å². The molecule has 1 atom stereocenters. The molecule has 5 nitrogen and oxygen atoms in total. The predicted octanol–water partition coefficient (Wildman–Crippen LogP) is 3.52. The van der Waals surface area contributed by atoms with Crippen LogP contribution in [0.25, 0.3) is 0 Å². The first-order chi connectivity index (χ1) is 13.0. The van der Waals surface area contributed by atoms with Crippen LogP contribution in [0.3, 0.4) is 0 Å². The monoisotopic (exact) mass is 386 g/mol. The third kappa shape index (κ3) is 4.43. The molecule has 0 fully saturated rings. The number of hydrogen-bond acceptors (Lipinski definition) is 4. The molecule has 0 saturated carbocycles. The first-order valence-corrected chi connectivity index (χ1v) is 9.32. The maximum atomic E-state index is 11.1. The molecular weight excluding hydrogens is 364 g/mol. The van der Waals surface area contributed by atoms with Gasteiger partial charge in [0.2, 0.25) is 0 Å². The number of aliphatic carboxylic acids is 1. The molecule has 3 N–H and O–H groups in total. The molecule has 1 aliphatic rings. The third-order valence-electron chi connectivity index (χ3n) is 4.72. The maximum absolute atomic E-state index is 11.1. The standard InChI is InChI=1S/C21H23ClN2O3/c1-2-18(21(26)27)23-12-17(25)13-24-19-6-4-3-5-14(19)7-8-15-9-10-16(22)11-20(15)24/h2-6,9-11,17,23,25H,7-8,12-13H2,1H3,(H,26,27). The van der Waals surface area contributed by atoms with Crippen molar-refractivity contribution in [3.8, 4) is 0 Å². The lowest BCUT2D eigenvalue weighted by molar-refractivity contribution is -0.133. The number of allylic oxidation sites excluding steroid dienone is 1. The maximum Gasteiger partial charge on any atom is 0.351 e. The van der Waals surface area contributed by atoms with Crippen LogP contribution in [0.5, 0.6) is 0 Å². The van der Waals surface area contributed by atoms with Crippen LogP contribution in [-0.4, -0.2) is 35.4 Å². The summed E-state index contributed by atoms with van der Waals surface area (Å²) in [5.41, 5.74) is 4.49. The fourth-order valence-corrected chi connectivity index (χ4v) is 3.55. The molecular formula is C21H23ClN2O3. The smallest absolute Gasteiger partial charge is 0.351 e. The van der Waals surface area contributed by atoms with Crippen molar-refractivity contribution >= 4 is 28.9 Å². The zero-order chi connectivity index (χ0) is 19.4. The van der Waals surface area contributed by atoms with Gasteiger partial charge in [-0.25, -0.2) is 4.79 Å². The van der Waals surface area contributed by atoms with E-state index in [1.807, 2.05) is 36.4 Å². The molecule has 2 aromatic rings. The van der Waals surface area contributed by atoms with Gasteiger partial charge in [0.05, 0.1) is 12.6 Å². The number of halogens is 1. The van der Waals surface area contributed by atoms with Crippen LogP contribution >= 0.6 is 11.6 Å². The number of fused-ring (bicyclic) bond motifs is 2. The van der Waals surface area contributed by atoms with Crippen molar-refractivity contribution < 1.29 is 15.0 Å². The lowest BCUT2D eigenvalue weighted by atomic mass is 10.0. The van der Waals surface area contributed by atoms with Gasteiger partial charge < -0.3 is 20.4 Å². The van der Waals surface area contributed by atoms with Gasteiger partial charge in [0.25, 0.3) is 0 Å². The van der Waals surface area contributed by atoms with Gasteiger partial charge in [0, 0.05) is 22.9 Å². The van der Waals surface area contributed by atoms with E-state index in [0.717, 1.165) is 24.2 Å². The Bertz CT molecular complexity index is 866. The van der Waals surface area contributed by atoms with E-state index >= 15 is 0 Å². The van der Waals surface area contributed by atoms with E-state index in [2.05, 4.69) is 16.3 Å². The molecule has 1 unspecified atom stereocenters. The van der Waals surface area contributed by atoms with Crippen LogP contribution < -0.4 is 10.2 Å². The van der Waals surface area contributed by atoms with Crippen molar-refractivity contribution in [2.45, 2.75) is 25.9 Å². The summed E-state index contributed by atoms with van der Waals surface area (Å²) in [6.45, 7) is 2.11. The minimum Gasteiger partial charge on any atom is -0.477 e. The summed E-state index contributed by atoms with van der Waals surface area (Å²) in [6.07, 6.45) is 2.52. The lowest BCUT2D eigenvalue weighted by Crippen LogP contribution is -2.37. The summed E-state index contributed by atoms with van der Waals surface area (Å²) < 4.78 is 0. The topological polar surface area (TPSA) is 72.8 Å². The molecule has 1 heterocycles. The number of nitrogens with zero attached hydrogens (tertiary/aromatic N) is 1. The largest absolute Gasteiger partial charge is 0.477 e. The molecule has 0 radical (unpaired) electrons. The SMILES string of the molecule is CC=C(NCC(O)CN1c2ccccc2CCc2ccc(Cl)cc21)C(=O)O. The molecule has 0 bridgehead atoms. The van der Waals surface area contributed by atoms with Crippen LogP contribution in [0.1, 0.15) is 18.1 Å². The van der Waals surface area contributed by atoms with E-state index in [0.29, 0.717) is 11.6 Å². The highest BCUT2D eigenvalue weighted by atomic mass is 35.5. The van der Waals surface area contributed by atoms with Crippen molar-refractivity contribution in [2.75, 3.05) is 18.0 Å². The number of benzene rings is 2. The minimum absolute atomic E-state index is 0.0776. The van der Waals surface area contributed by atoms with Gasteiger partial charge in [0.15, 0.2) is 0 Å². The number of carboxylic acid groups (broad SMARTS) is 1. The number of hydrogen-bond donors (Lipinski definition) is 3. The summed E-state index contributed by atoms with van der Waals surface area (Å²) in [5.74, 6) is -1.04. The second-order valence-corrected chi connectivity index (χ2v) is 6.99. The Labute approximate surface area is 163 Å². The van der Waals surface area contributed by atoms with Crippen molar-refractivity contribution in [2.24, 2.45) is 0 Å². The third-order valence-corrected chi connectivity index (χ3v) is 4.96. The Morgan fingerprint density at radius 1 is 1.22 bits per heavy atom. The number of anilines is 2. The normalized spacial score (nSPS) is 14.8. The van der Waals surface area contributed by atoms with Crippen molar-refractivity contribution in [3.63, 3.8) is 0 Å². The second kappa shape index (κ2) is 8.46. The molecule has 6 heteroatoms. The average Bonchev–Trinajstić information content (AvgIpc) is 2.79. The quantitative estimate of drug-likeness (QED) is 0.662. The number of nitrogens with one attached hydrogen (secondary N) is 1. The second-order valence-electron chi connectivity index (χ2n) is 6.55. The van der Waals surface area contributed by atoms with Crippen LogP contribution in [0.2, 0.25) is 5.02 Å². The van der Waals surface area contributed by atoms with E-state index in [1.54, 1.807) is 6.92 Å². The van der Waals surface area contributed by atoms with Crippen molar-refractivity contribution in [3.05, 3.63) is 70.4 Å². The van der Waals surface area contributed by atoms with Gasteiger partial charge in [-0.3, -0.25) is 0 Å². The number of para-hydroxylation sites is 1. The molecule has 27 heavy (non-hydrogen) atoms. The number of aliphatic hydroxyl groups is 1. The number of aliphatic hydroxyl groups excluding tert-OH is 1.